The molecule has 2 N–H and O–H groups in total. The van der Waals surface area contributed by atoms with Crippen LogP contribution in [0.4, 0.5) is 4.79 Å². The second-order valence-electron chi connectivity index (χ2n) is 4.18. The molecule has 4 nitrogen and oxygen atoms in total. The SMILES string of the molecule is CCCCNC(=O)N(C)C1CCNCC1. The molecule has 0 radical (unpaired) electrons. The number of nitrogens with zero attached hydrogens (tertiary/aromatic N) is 1. The highest BCUT2D eigenvalue weighted by molar-refractivity contribution is 5.74. The molecule has 0 aliphatic carbocycles. The summed E-state index contributed by atoms with van der Waals surface area (Å²) in [5, 5.41) is 6.25. The Bertz CT molecular complexity index is 190. The van der Waals surface area contributed by atoms with Gasteiger partial charge in [0.05, 0.1) is 0 Å². The van der Waals surface area contributed by atoms with E-state index in [1.54, 1.807) is 0 Å². The summed E-state index contributed by atoms with van der Waals surface area (Å²) < 4.78 is 0. The number of hydrogen-bond acceptors (Lipinski definition) is 2. The molecule has 4 heteroatoms. The maximum atomic E-state index is 11.7. The Kier molecular flexibility index (Phi) is 5.47. The Labute approximate surface area is 92.4 Å². The summed E-state index contributed by atoms with van der Waals surface area (Å²) in [5.74, 6) is 0. The van der Waals surface area contributed by atoms with Gasteiger partial charge in [-0.2, -0.15) is 0 Å². The van der Waals surface area contributed by atoms with Crippen molar-refractivity contribution in [1.82, 2.24) is 15.5 Å². The lowest BCUT2D eigenvalue weighted by Crippen LogP contribution is -2.48. The summed E-state index contributed by atoms with van der Waals surface area (Å²) in [5.41, 5.74) is 0. The lowest BCUT2D eigenvalue weighted by atomic mass is 10.1. The molecule has 1 aliphatic rings. The van der Waals surface area contributed by atoms with E-state index in [4.69, 9.17) is 0 Å². The molecule has 0 bridgehead atoms. The third kappa shape index (κ3) is 4.08. The smallest absolute Gasteiger partial charge is 0.317 e. The Morgan fingerprint density at radius 2 is 2.13 bits per heavy atom. The van der Waals surface area contributed by atoms with Crippen LogP contribution in [0.5, 0.6) is 0 Å². The number of rotatable bonds is 4. The van der Waals surface area contributed by atoms with Crippen LogP contribution < -0.4 is 10.6 Å². The van der Waals surface area contributed by atoms with Gasteiger partial charge in [0, 0.05) is 19.6 Å². The minimum Gasteiger partial charge on any atom is -0.338 e. The molecular weight excluding hydrogens is 190 g/mol. The standard InChI is InChI=1S/C11H23N3O/c1-3-4-7-13-11(15)14(2)10-5-8-12-9-6-10/h10,12H,3-9H2,1-2H3,(H,13,15). The zero-order valence-electron chi connectivity index (χ0n) is 9.88. The summed E-state index contributed by atoms with van der Waals surface area (Å²) in [6, 6.07) is 0.489. The first-order valence-corrected chi connectivity index (χ1v) is 5.97. The molecule has 0 aromatic rings. The van der Waals surface area contributed by atoms with Crippen molar-refractivity contribution in [3.05, 3.63) is 0 Å². The van der Waals surface area contributed by atoms with E-state index >= 15 is 0 Å². The second-order valence-corrected chi connectivity index (χ2v) is 4.18. The van der Waals surface area contributed by atoms with Crippen LogP contribution >= 0.6 is 0 Å². The van der Waals surface area contributed by atoms with Crippen molar-refractivity contribution >= 4 is 6.03 Å². The third-order valence-electron chi connectivity index (χ3n) is 2.98. The van der Waals surface area contributed by atoms with Gasteiger partial charge in [-0.1, -0.05) is 13.3 Å². The van der Waals surface area contributed by atoms with Gasteiger partial charge in [-0.05, 0) is 32.4 Å². The summed E-state index contributed by atoms with van der Waals surface area (Å²) in [4.78, 5) is 13.6. The van der Waals surface area contributed by atoms with Crippen LogP contribution in [-0.4, -0.2) is 43.7 Å². The number of carbonyl (C=O) groups excluding carboxylic acids is 1. The van der Waals surface area contributed by atoms with Crippen molar-refractivity contribution in [2.75, 3.05) is 26.7 Å². The Balaban J connectivity index is 2.24. The zero-order valence-corrected chi connectivity index (χ0v) is 9.88. The van der Waals surface area contributed by atoms with Crippen molar-refractivity contribution in [3.8, 4) is 0 Å². The zero-order chi connectivity index (χ0) is 11.1. The average molecular weight is 213 g/mol. The maximum absolute atomic E-state index is 11.7. The number of urea groups is 1. The van der Waals surface area contributed by atoms with Gasteiger partial charge in [-0.15, -0.1) is 0 Å². The van der Waals surface area contributed by atoms with Crippen molar-refractivity contribution in [2.24, 2.45) is 0 Å². The molecule has 88 valence electrons. The molecule has 1 saturated heterocycles. The number of nitrogens with one attached hydrogen (secondary N) is 2. The van der Waals surface area contributed by atoms with Crippen LogP contribution in [0.1, 0.15) is 32.6 Å². The number of piperidine rings is 1. The van der Waals surface area contributed by atoms with Gasteiger partial charge < -0.3 is 15.5 Å². The normalized spacial score (nSPS) is 17.5. The molecule has 1 aliphatic heterocycles. The maximum Gasteiger partial charge on any atom is 0.317 e. The highest BCUT2D eigenvalue weighted by Crippen LogP contribution is 2.09. The van der Waals surface area contributed by atoms with Crippen molar-refractivity contribution < 1.29 is 4.79 Å². The average Bonchev–Trinajstić information content (AvgIpc) is 2.29. The molecule has 0 aromatic carbocycles. The van der Waals surface area contributed by atoms with Gasteiger partial charge in [-0.25, -0.2) is 4.79 Å². The van der Waals surface area contributed by atoms with Crippen molar-refractivity contribution in [3.63, 3.8) is 0 Å². The lowest BCUT2D eigenvalue weighted by molar-refractivity contribution is 0.176. The fourth-order valence-corrected chi connectivity index (χ4v) is 1.86. The number of hydrogen-bond donors (Lipinski definition) is 2. The largest absolute Gasteiger partial charge is 0.338 e. The van der Waals surface area contributed by atoms with E-state index in [0.29, 0.717) is 6.04 Å². The molecule has 0 unspecified atom stereocenters. The first-order chi connectivity index (χ1) is 7.25. The van der Waals surface area contributed by atoms with Crippen LogP contribution in [0.25, 0.3) is 0 Å². The van der Waals surface area contributed by atoms with E-state index in [0.717, 1.165) is 45.3 Å². The van der Waals surface area contributed by atoms with Crippen molar-refractivity contribution in [1.29, 1.82) is 0 Å². The predicted octanol–water partition coefficient (Wildman–Crippen LogP) is 1.18. The van der Waals surface area contributed by atoms with Crippen LogP contribution in [0, 0.1) is 0 Å². The Morgan fingerprint density at radius 1 is 1.47 bits per heavy atom. The third-order valence-corrected chi connectivity index (χ3v) is 2.98. The molecule has 0 atom stereocenters. The van der Waals surface area contributed by atoms with E-state index < -0.39 is 0 Å². The first-order valence-electron chi connectivity index (χ1n) is 5.97. The molecule has 15 heavy (non-hydrogen) atoms. The van der Waals surface area contributed by atoms with Crippen LogP contribution in [-0.2, 0) is 0 Å². The van der Waals surface area contributed by atoms with Crippen LogP contribution in [0.2, 0.25) is 0 Å². The van der Waals surface area contributed by atoms with Gasteiger partial charge in [0.25, 0.3) is 0 Å². The minimum absolute atomic E-state index is 0.0790. The van der Waals surface area contributed by atoms with E-state index in [2.05, 4.69) is 17.6 Å². The topological polar surface area (TPSA) is 44.4 Å². The second kappa shape index (κ2) is 6.67. The highest BCUT2D eigenvalue weighted by Gasteiger charge is 2.21. The number of unbranched alkanes of at least 4 members (excludes halogenated alkanes) is 1. The Morgan fingerprint density at radius 3 is 2.73 bits per heavy atom. The summed E-state index contributed by atoms with van der Waals surface area (Å²) in [6.07, 6.45) is 4.32. The van der Waals surface area contributed by atoms with Gasteiger partial charge in [0.1, 0.15) is 0 Å². The van der Waals surface area contributed by atoms with E-state index in [-0.39, 0.29) is 6.03 Å². The molecule has 1 rings (SSSR count). The predicted molar refractivity (Wildman–Crippen MR) is 62.0 cm³/mol. The molecule has 0 saturated carbocycles. The molecule has 0 spiro atoms. The van der Waals surface area contributed by atoms with Gasteiger partial charge in [-0.3, -0.25) is 0 Å². The quantitative estimate of drug-likeness (QED) is 0.689. The first kappa shape index (κ1) is 12.3. The number of carbonyl (C=O) groups is 1. The number of amides is 2. The van der Waals surface area contributed by atoms with E-state index in [1.807, 2.05) is 11.9 Å². The molecule has 0 aromatic heterocycles. The monoisotopic (exact) mass is 213 g/mol. The minimum atomic E-state index is 0.0790. The van der Waals surface area contributed by atoms with Crippen LogP contribution in [0.15, 0.2) is 0 Å². The summed E-state index contributed by atoms with van der Waals surface area (Å²) >= 11 is 0. The fourth-order valence-electron chi connectivity index (χ4n) is 1.86. The fraction of sp³-hybridized carbons (Fsp3) is 0.909. The van der Waals surface area contributed by atoms with Crippen molar-refractivity contribution in [2.45, 2.75) is 38.6 Å². The molecule has 2 amide bonds. The lowest BCUT2D eigenvalue weighted by Gasteiger charge is -2.31. The van der Waals surface area contributed by atoms with Gasteiger partial charge in [0.2, 0.25) is 0 Å². The molecule has 1 fully saturated rings. The van der Waals surface area contributed by atoms with E-state index in [9.17, 15) is 4.79 Å². The highest BCUT2D eigenvalue weighted by atomic mass is 16.2. The van der Waals surface area contributed by atoms with Gasteiger partial charge >= 0.3 is 6.03 Å². The summed E-state index contributed by atoms with van der Waals surface area (Å²) in [6.45, 7) is 4.97. The van der Waals surface area contributed by atoms with Gasteiger partial charge in [0.15, 0.2) is 0 Å². The Hall–Kier alpha value is -0.770. The summed E-state index contributed by atoms with van der Waals surface area (Å²) in [7, 11) is 1.90. The molecular formula is C11H23N3O. The van der Waals surface area contributed by atoms with E-state index in [1.165, 1.54) is 0 Å². The molecule has 1 heterocycles. The van der Waals surface area contributed by atoms with Crippen LogP contribution in [0.3, 0.4) is 0 Å².